The van der Waals surface area contributed by atoms with Crippen LogP contribution in [0.2, 0.25) is 0 Å². The second-order valence-electron chi connectivity index (χ2n) is 4.14. The van der Waals surface area contributed by atoms with Crippen LogP contribution in [-0.2, 0) is 4.74 Å². The van der Waals surface area contributed by atoms with Gasteiger partial charge >= 0.3 is 0 Å². The number of rotatable bonds is 4. The van der Waals surface area contributed by atoms with Crippen LogP contribution in [-0.4, -0.2) is 19.3 Å². The lowest BCUT2D eigenvalue weighted by Crippen LogP contribution is -2.48. The van der Waals surface area contributed by atoms with Crippen LogP contribution in [0.5, 0.6) is 0 Å². The van der Waals surface area contributed by atoms with Crippen molar-refractivity contribution < 1.29 is 4.74 Å². The summed E-state index contributed by atoms with van der Waals surface area (Å²) < 4.78 is 5.17. The molecule has 0 amide bonds. The molecular weight excluding hydrogens is 194 g/mol. The highest BCUT2D eigenvalue weighted by molar-refractivity contribution is 7.10. The Balaban J connectivity index is 2.00. The van der Waals surface area contributed by atoms with Crippen LogP contribution in [0.25, 0.3) is 0 Å². The van der Waals surface area contributed by atoms with E-state index in [0.717, 1.165) is 13.2 Å². The topological polar surface area (TPSA) is 21.3 Å². The van der Waals surface area contributed by atoms with E-state index in [1.165, 1.54) is 4.88 Å². The van der Waals surface area contributed by atoms with Crippen molar-refractivity contribution in [3.63, 3.8) is 0 Å². The first-order valence-electron chi connectivity index (χ1n) is 5.14. The fraction of sp³-hybridized carbons (Fsp3) is 0.636. The number of hydrogen-bond donors (Lipinski definition) is 1. The maximum absolute atomic E-state index is 5.17. The van der Waals surface area contributed by atoms with Gasteiger partial charge in [0, 0.05) is 10.9 Å². The van der Waals surface area contributed by atoms with Gasteiger partial charge in [0.05, 0.1) is 19.3 Å². The largest absolute Gasteiger partial charge is 0.378 e. The molecule has 0 aromatic carbocycles. The normalized spacial score (nSPS) is 19.6. The molecule has 1 aromatic rings. The van der Waals surface area contributed by atoms with Gasteiger partial charge in [-0.1, -0.05) is 19.9 Å². The molecule has 1 atom stereocenters. The van der Waals surface area contributed by atoms with Crippen LogP contribution in [0.3, 0.4) is 0 Å². The van der Waals surface area contributed by atoms with Gasteiger partial charge in [0.1, 0.15) is 0 Å². The Labute approximate surface area is 89.3 Å². The summed E-state index contributed by atoms with van der Waals surface area (Å²) in [5.74, 6) is 0.634. The van der Waals surface area contributed by atoms with Gasteiger partial charge in [-0.15, -0.1) is 11.3 Å². The van der Waals surface area contributed by atoms with Crippen LogP contribution in [0.4, 0.5) is 0 Å². The van der Waals surface area contributed by atoms with Crippen molar-refractivity contribution in [2.45, 2.75) is 25.9 Å². The molecular formula is C11H17NOS. The minimum Gasteiger partial charge on any atom is -0.378 e. The van der Waals surface area contributed by atoms with Crippen molar-refractivity contribution in [3.8, 4) is 0 Å². The smallest absolute Gasteiger partial charge is 0.0643 e. The zero-order valence-electron chi connectivity index (χ0n) is 8.69. The highest BCUT2D eigenvalue weighted by atomic mass is 32.1. The Hall–Kier alpha value is -0.380. The van der Waals surface area contributed by atoms with E-state index in [9.17, 15) is 0 Å². The second kappa shape index (κ2) is 4.43. The highest BCUT2D eigenvalue weighted by Crippen LogP contribution is 2.26. The monoisotopic (exact) mass is 211 g/mol. The number of thiophene rings is 1. The molecule has 1 unspecified atom stereocenters. The molecule has 1 saturated heterocycles. The summed E-state index contributed by atoms with van der Waals surface area (Å²) in [7, 11) is 0. The number of ether oxygens (including phenoxy) is 1. The summed E-state index contributed by atoms with van der Waals surface area (Å²) in [6.07, 6.45) is 0. The van der Waals surface area contributed by atoms with Crippen molar-refractivity contribution in [2.24, 2.45) is 5.92 Å². The van der Waals surface area contributed by atoms with Crippen LogP contribution in [0.15, 0.2) is 17.5 Å². The lowest BCUT2D eigenvalue weighted by atomic mass is 10.0. The summed E-state index contributed by atoms with van der Waals surface area (Å²) in [6, 6.07) is 5.38. The summed E-state index contributed by atoms with van der Waals surface area (Å²) in [6.45, 7) is 6.26. The fourth-order valence-corrected chi connectivity index (χ4v) is 2.62. The summed E-state index contributed by atoms with van der Waals surface area (Å²) in [5, 5.41) is 5.78. The minimum atomic E-state index is 0.490. The molecule has 2 nitrogen and oxygen atoms in total. The van der Waals surface area contributed by atoms with E-state index in [4.69, 9.17) is 4.74 Å². The molecule has 1 aliphatic heterocycles. The van der Waals surface area contributed by atoms with Crippen LogP contribution in [0, 0.1) is 5.92 Å². The molecule has 0 aliphatic carbocycles. The van der Waals surface area contributed by atoms with Gasteiger partial charge in [-0.3, -0.25) is 0 Å². The molecule has 1 N–H and O–H groups in total. The molecule has 1 aliphatic rings. The van der Waals surface area contributed by atoms with E-state index < -0.39 is 0 Å². The molecule has 14 heavy (non-hydrogen) atoms. The molecule has 0 saturated carbocycles. The van der Waals surface area contributed by atoms with Crippen molar-refractivity contribution in [1.82, 2.24) is 5.32 Å². The molecule has 0 spiro atoms. The number of nitrogens with one attached hydrogen (secondary N) is 1. The zero-order chi connectivity index (χ0) is 9.97. The Morgan fingerprint density at radius 1 is 1.50 bits per heavy atom. The first-order chi connectivity index (χ1) is 6.77. The van der Waals surface area contributed by atoms with Crippen LogP contribution < -0.4 is 5.32 Å². The van der Waals surface area contributed by atoms with Gasteiger partial charge < -0.3 is 10.1 Å². The van der Waals surface area contributed by atoms with Crippen molar-refractivity contribution in [3.05, 3.63) is 22.4 Å². The van der Waals surface area contributed by atoms with Gasteiger partial charge in [-0.05, 0) is 17.4 Å². The Bertz CT molecular complexity index is 267. The highest BCUT2D eigenvalue weighted by Gasteiger charge is 2.25. The fourth-order valence-electron chi connectivity index (χ4n) is 1.66. The summed E-state index contributed by atoms with van der Waals surface area (Å²) in [5.41, 5.74) is 0. The van der Waals surface area contributed by atoms with Gasteiger partial charge in [0.25, 0.3) is 0 Å². The van der Waals surface area contributed by atoms with Gasteiger partial charge in [-0.25, -0.2) is 0 Å². The van der Waals surface area contributed by atoms with E-state index in [2.05, 4.69) is 36.7 Å². The van der Waals surface area contributed by atoms with Gasteiger partial charge in [0.2, 0.25) is 0 Å². The van der Waals surface area contributed by atoms with E-state index in [-0.39, 0.29) is 0 Å². The maximum Gasteiger partial charge on any atom is 0.0643 e. The Kier molecular flexibility index (Phi) is 3.21. The van der Waals surface area contributed by atoms with E-state index in [1.54, 1.807) is 0 Å². The molecule has 3 heteroatoms. The molecule has 0 radical (unpaired) electrons. The summed E-state index contributed by atoms with van der Waals surface area (Å²) >= 11 is 1.83. The quantitative estimate of drug-likeness (QED) is 0.826. The predicted molar refractivity (Wildman–Crippen MR) is 59.6 cm³/mol. The standard InChI is InChI=1S/C11H17NOS/c1-8(2)11(10-4-3-5-14-10)12-9-6-13-7-9/h3-5,8-9,11-12H,6-7H2,1-2H3. The lowest BCUT2D eigenvalue weighted by molar-refractivity contribution is -0.0124. The molecule has 0 bridgehead atoms. The molecule has 2 heterocycles. The molecule has 2 rings (SSSR count). The third kappa shape index (κ3) is 2.16. The third-order valence-corrected chi connectivity index (χ3v) is 3.53. The molecule has 1 aromatic heterocycles. The Morgan fingerprint density at radius 3 is 2.71 bits per heavy atom. The molecule has 78 valence electrons. The van der Waals surface area contributed by atoms with E-state index in [1.807, 2.05) is 11.3 Å². The van der Waals surface area contributed by atoms with Gasteiger partial charge in [-0.2, -0.15) is 0 Å². The van der Waals surface area contributed by atoms with E-state index >= 15 is 0 Å². The maximum atomic E-state index is 5.17. The predicted octanol–water partition coefficient (Wildman–Crippen LogP) is 2.43. The Morgan fingerprint density at radius 2 is 2.29 bits per heavy atom. The summed E-state index contributed by atoms with van der Waals surface area (Å²) in [4.78, 5) is 1.44. The first-order valence-corrected chi connectivity index (χ1v) is 6.02. The van der Waals surface area contributed by atoms with E-state index in [0.29, 0.717) is 18.0 Å². The first kappa shape index (κ1) is 10.1. The zero-order valence-corrected chi connectivity index (χ0v) is 9.51. The average molecular weight is 211 g/mol. The van der Waals surface area contributed by atoms with Gasteiger partial charge in [0.15, 0.2) is 0 Å². The third-order valence-electron chi connectivity index (χ3n) is 2.57. The SMILES string of the molecule is CC(C)C(NC1COC1)c1cccs1. The average Bonchev–Trinajstić information content (AvgIpc) is 2.53. The second-order valence-corrected chi connectivity index (χ2v) is 5.12. The lowest BCUT2D eigenvalue weighted by Gasteiger charge is -2.33. The molecule has 1 fully saturated rings. The van der Waals surface area contributed by atoms with Crippen LogP contribution >= 0.6 is 11.3 Å². The van der Waals surface area contributed by atoms with Crippen molar-refractivity contribution in [2.75, 3.05) is 13.2 Å². The minimum absolute atomic E-state index is 0.490. The number of hydrogen-bond acceptors (Lipinski definition) is 3. The van der Waals surface area contributed by atoms with Crippen molar-refractivity contribution >= 4 is 11.3 Å². The van der Waals surface area contributed by atoms with Crippen LogP contribution in [0.1, 0.15) is 24.8 Å². The van der Waals surface area contributed by atoms with Crippen molar-refractivity contribution in [1.29, 1.82) is 0 Å².